The molecule has 0 bridgehead atoms. The van der Waals surface area contributed by atoms with Crippen molar-refractivity contribution in [1.82, 2.24) is 5.32 Å². The highest BCUT2D eigenvalue weighted by molar-refractivity contribution is 5.77. The van der Waals surface area contributed by atoms with Crippen molar-refractivity contribution in [2.45, 2.75) is 39.7 Å². The van der Waals surface area contributed by atoms with Crippen LogP contribution >= 0.6 is 0 Å². The second-order valence-corrected chi connectivity index (χ2v) is 5.05. The maximum absolute atomic E-state index is 5.97. The average molecular weight is 245 g/mol. The van der Waals surface area contributed by atoms with Crippen LogP contribution in [0.5, 0.6) is 0 Å². The van der Waals surface area contributed by atoms with E-state index in [9.17, 15) is 0 Å². The molecule has 2 rings (SSSR count). The van der Waals surface area contributed by atoms with Gasteiger partial charge in [-0.15, -0.1) is 0 Å². The second kappa shape index (κ2) is 6.05. The van der Waals surface area contributed by atoms with Crippen LogP contribution in [-0.4, -0.2) is 6.54 Å². The molecule has 0 amide bonds. The lowest BCUT2D eigenvalue weighted by atomic mass is 9.97. The molecule has 1 N–H and O–H groups in total. The Labute approximate surface area is 109 Å². The molecule has 2 aromatic rings. The Hall–Kier alpha value is -1.28. The van der Waals surface area contributed by atoms with E-state index in [-0.39, 0.29) is 0 Å². The molecule has 1 aromatic heterocycles. The smallest absolute Gasteiger partial charge is 0.134 e. The molecule has 0 aliphatic rings. The zero-order valence-electron chi connectivity index (χ0n) is 11.6. The number of hydrogen-bond acceptors (Lipinski definition) is 2. The van der Waals surface area contributed by atoms with Crippen molar-refractivity contribution in [3.63, 3.8) is 0 Å². The summed E-state index contributed by atoms with van der Waals surface area (Å²) in [7, 11) is 0. The van der Waals surface area contributed by atoms with Crippen molar-refractivity contribution < 1.29 is 4.42 Å². The summed E-state index contributed by atoms with van der Waals surface area (Å²) in [5.41, 5.74) is 0.986. The Morgan fingerprint density at radius 2 is 2.00 bits per heavy atom. The van der Waals surface area contributed by atoms with Gasteiger partial charge in [-0.05, 0) is 31.0 Å². The lowest BCUT2D eigenvalue weighted by Crippen LogP contribution is -2.22. The Kier molecular flexibility index (Phi) is 4.43. The number of furan rings is 1. The fourth-order valence-electron chi connectivity index (χ4n) is 2.29. The number of rotatable bonds is 6. The van der Waals surface area contributed by atoms with E-state index in [1.165, 1.54) is 11.8 Å². The van der Waals surface area contributed by atoms with Gasteiger partial charge in [0.1, 0.15) is 11.3 Å². The summed E-state index contributed by atoms with van der Waals surface area (Å²) >= 11 is 0. The summed E-state index contributed by atoms with van der Waals surface area (Å²) in [6, 6.07) is 10.7. The second-order valence-electron chi connectivity index (χ2n) is 5.05. The van der Waals surface area contributed by atoms with E-state index in [0.717, 1.165) is 24.3 Å². The predicted octanol–water partition coefficient (Wildman–Crippen LogP) is 4.52. The first-order chi connectivity index (χ1) is 8.74. The van der Waals surface area contributed by atoms with Gasteiger partial charge in [-0.1, -0.05) is 45.4 Å². The molecule has 2 atom stereocenters. The molecule has 1 aromatic carbocycles. The summed E-state index contributed by atoms with van der Waals surface area (Å²) in [6.07, 6.45) is 2.34. The molecule has 0 aliphatic heterocycles. The molecular formula is C16H23NO. The van der Waals surface area contributed by atoms with E-state index in [4.69, 9.17) is 4.42 Å². The van der Waals surface area contributed by atoms with Gasteiger partial charge in [-0.3, -0.25) is 0 Å². The van der Waals surface area contributed by atoms with Gasteiger partial charge >= 0.3 is 0 Å². The third-order valence-electron chi connectivity index (χ3n) is 3.57. The van der Waals surface area contributed by atoms with Crippen LogP contribution in [0, 0.1) is 5.92 Å². The van der Waals surface area contributed by atoms with E-state index < -0.39 is 0 Å². The van der Waals surface area contributed by atoms with Gasteiger partial charge in [-0.2, -0.15) is 0 Å². The summed E-state index contributed by atoms with van der Waals surface area (Å²) < 4.78 is 5.97. The van der Waals surface area contributed by atoms with Crippen LogP contribution in [0.15, 0.2) is 34.7 Å². The molecule has 1 heterocycles. The van der Waals surface area contributed by atoms with Crippen LogP contribution in [0.1, 0.15) is 45.4 Å². The lowest BCUT2D eigenvalue weighted by Gasteiger charge is -2.18. The predicted molar refractivity (Wildman–Crippen MR) is 76.7 cm³/mol. The van der Waals surface area contributed by atoms with Gasteiger partial charge in [-0.25, -0.2) is 0 Å². The molecule has 2 nitrogen and oxygen atoms in total. The Morgan fingerprint density at radius 1 is 1.22 bits per heavy atom. The normalized spacial score (nSPS) is 14.8. The summed E-state index contributed by atoms with van der Waals surface area (Å²) in [4.78, 5) is 0. The third kappa shape index (κ3) is 2.94. The Balaban J connectivity index is 2.23. The van der Waals surface area contributed by atoms with E-state index >= 15 is 0 Å². The Bertz CT molecular complexity index is 456. The maximum atomic E-state index is 5.97. The highest BCUT2D eigenvalue weighted by atomic mass is 16.3. The first kappa shape index (κ1) is 13.2. The van der Waals surface area contributed by atoms with Crippen molar-refractivity contribution in [2.24, 2.45) is 5.92 Å². The SMILES string of the molecule is CCNC(CC(C)CC)c1cc2ccccc2o1. The number of nitrogens with one attached hydrogen (secondary N) is 1. The minimum absolute atomic E-state index is 0.331. The summed E-state index contributed by atoms with van der Waals surface area (Å²) in [5.74, 6) is 1.78. The quantitative estimate of drug-likeness (QED) is 0.809. The topological polar surface area (TPSA) is 25.2 Å². The van der Waals surface area contributed by atoms with Crippen LogP contribution in [0.25, 0.3) is 11.0 Å². The molecule has 0 spiro atoms. The van der Waals surface area contributed by atoms with E-state index in [1.54, 1.807) is 0 Å². The van der Waals surface area contributed by atoms with Gasteiger partial charge < -0.3 is 9.73 Å². The van der Waals surface area contributed by atoms with Crippen LogP contribution in [0.2, 0.25) is 0 Å². The van der Waals surface area contributed by atoms with Gasteiger partial charge in [0.25, 0.3) is 0 Å². The fourth-order valence-corrected chi connectivity index (χ4v) is 2.29. The van der Waals surface area contributed by atoms with E-state index in [0.29, 0.717) is 12.0 Å². The summed E-state index contributed by atoms with van der Waals surface area (Å²) in [6.45, 7) is 7.66. The van der Waals surface area contributed by atoms with Crippen molar-refractivity contribution >= 4 is 11.0 Å². The average Bonchev–Trinajstić information content (AvgIpc) is 2.81. The van der Waals surface area contributed by atoms with Crippen molar-refractivity contribution in [1.29, 1.82) is 0 Å². The molecule has 0 aliphatic carbocycles. The maximum Gasteiger partial charge on any atom is 0.134 e. The number of hydrogen-bond donors (Lipinski definition) is 1. The number of benzene rings is 1. The lowest BCUT2D eigenvalue weighted by molar-refractivity contribution is 0.359. The minimum atomic E-state index is 0.331. The molecule has 0 saturated carbocycles. The van der Waals surface area contributed by atoms with Gasteiger partial charge in [0.15, 0.2) is 0 Å². The summed E-state index contributed by atoms with van der Waals surface area (Å²) in [5, 5.41) is 4.73. The standard InChI is InChI=1S/C16H23NO/c1-4-12(3)10-14(17-5-2)16-11-13-8-6-7-9-15(13)18-16/h6-9,11-12,14,17H,4-5,10H2,1-3H3. The van der Waals surface area contributed by atoms with Crippen LogP contribution < -0.4 is 5.32 Å². The van der Waals surface area contributed by atoms with E-state index in [1.807, 2.05) is 12.1 Å². The molecule has 2 unspecified atom stereocenters. The monoisotopic (exact) mass is 245 g/mol. The van der Waals surface area contributed by atoms with Gasteiger partial charge in [0, 0.05) is 5.39 Å². The molecule has 0 radical (unpaired) electrons. The highest BCUT2D eigenvalue weighted by Crippen LogP contribution is 2.28. The molecule has 2 heteroatoms. The minimum Gasteiger partial charge on any atom is -0.459 e. The third-order valence-corrected chi connectivity index (χ3v) is 3.57. The van der Waals surface area contributed by atoms with Gasteiger partial charge in [0.2, 0.25) is 0 Å². The molecule has 18 heavy (non-hydrogen) atoms. The first-order valence-corrected chi connectivity index (χ1v) is 6.96. The van der Waals surface area contributed by atoms with Crippen molar-refractivity contribution in [3.8, 4) is 0 Å². The number of para-hydroxylation sites is 1. The molecule has 98 valence electrons. The van der Waals surface area contributed by atoms with Crippen LogP contribution in [0.3, 0.4) is 0 Å². The van der Waals surface area contributed by atoms with Crippen molar-refractivity contribution in [3.05, 3.63) is 36.1 Å². The fraction of sp³-hybridized carbons (Fsp3) is 0.500. The highest BCUT2D eigenvalue weighted by Gasteiger charge is 2.17. The largest absolute Gasteiger partial charge is 0.459 e. The molecule has 0 fully saturated rings. The van der Waals surface area contributed by atoms with Gasteiger partial charge in [0.05, 0.1) is 6.04 Å². The van der Waals surface area contributed by atoms with Crippen molar-refractivity contribution in [2.75, 3.05) is 6.54 Å². The first-order valence-electron chi connectivity index (χ1n) is 6.96. The molecular weight excluding hydrogens is 222 g/mol. The zero-order chi connectivity index (χ0) is 13.0. The Morgan fingerprint density at radius 3 is 2.67 bits per heavy atom. The van der Waals surface area contributed by atoms with Crippen LogP contribution in [0.4, 0.5) is 0 Å². The molecule has 0 saturated heterocycles. The van der Waals surface area contributed by atoms with E-state index in [2.05, 4.69) is 44.3 Å². The number of fused-ring (bicyclic) bond motifs is 1. The van der Waals surface area contributed by atoms with Crippen LogP contribution in [-0.2, 0) is 0 Å². The zero-order valence-corrected chi connectivity index (χ0v) is 11.6.